The Hall–Kier alpha value is -1.65. The molecule has 86 valence electrons. The van der Waals surface area contributed by atoms with Gasteiger partial charge in [0.1, 0.15) is 0 Å². The monoisotopic (exact) mass is 220 g/mol. The number of nitrogens with zero attached hydrogens (tertiary/aromatic N) is 4. The van der Waals surface area contributed by atoms with Crippen LogP contribution in [0, 0.1) is 12.8 Å². The van der Waals surface area contributed by atoms with Crippen molar-refractivity contribution < 1.29 is 4.79 Å². The molecule has 1 aliphatic rings. The van der Waals surface area contributed by atoms with E-state index in [1.807, 2.05) is 19.1 Å². The zero-order chi connectivity index (χ0) is 11.7. The van der Waals surface area contributed by atoms with Gasteiger partial charge >= 0.3 is 0 Å². The molecule has 0 radical (unpaired) electrons. The van der Waals surface area contributed by atoms with Crippen LogP contribution in [-0.2, 0) is 4.79 Å². The molecule has 0 unspecified atom stereocenters. The maximum atomic E-state index is 11.6. The third kappa shape index (κ3) is 1.98. The van der Waals surface area contributed by atoms with Gasteiger partial charge in [-0.15, -0.1) is 5.10 Å². The molecule has 0 atom stereocenters. The summed E-state index contributed by atoms with van der Waals surface area (Å²) in [7, 11) is 3.58. The van der Waals surface area contributed by atoms with Gasteiger partial charge in [0.05, 0.1) is 11.6 Å². The van der Waals surface area contributed by atoms with Crippen molar-refractivity contribution in [1.29, 1.82) is 0 Å². The van der Waals surface area contributed by atoms with Crippen LogP contribution >= 0.6 is 0 Å². The van der Waals surface area contributed by atoms with Gasteiger partial charge in [-0.1, -0.05) is 0 Å². The van der Waals surface area contributed by atoms with E-state index in [4.69, 9.17) is 0 Å². The molecule has 2 rings (SSSR count). The lowest BCUT2D eigenvalue weighted by atomic mass is 9.99. The Morgan fingerprint density at radius 2 is 2.06 bits per heavy atom. The number of rotatable bonds is 2. The van der Waals surface area contributed by atoms with Crippen LogP contribution in [0.25, 0.3) is 0 Å². The van der Waals surface area contributed by atoms with Gasteiger partial charge in [-0.2, -0.15) is 5.10 Å². The number of aryl methyl sites for hydroxylation is 1. The molecule has 1 fully saturated rings. The summed E-state index contributed by atoms with van der Waals surface area (Å²) in [4.78, 5) is 15.3. The van der Waals surface area contributed by atoms with E-state index in [1.165, 1.54) is 0 Å². The Balaban J connectivity index is 1.93. The lowest BCUT2D eigenvalue weighted by Gasteiger charge is -2.39. The van der Waals surface area contributed by atoms with Crippen LogP contribution in [-0.4, -0.2) is 48.2 Å². The van der Waals surface area contributed by atoms with E-state index in [0.29, 0.717) is 0 Å². The summed E-state index contributed by atoms with van der Waals surface area (Å²) in [5.74, 6) is 1.16. The second-order valence-corrected chi connectivity index (χ2v) is 4.37. The second kappa shape index (κ2) is 4.08. The lowest BCUT2D eigenvalue weighted by Crippen LogP contribution is -2.53. The highest BCUT2D eigenvalue weighted by molar-refractivity contribution is 5.81. The number of hydrogen-bond donors (Lipinski definition) is 0. The first kappa shape index (κ1) is 10.9. The molecule has 1 aliphatic heterocycles. The maximum Gasteiger partial charge on any atom is 0.228 e. The van der Waals surface area contributed by atoms with Gasteiger partial charge in [-0.3, -0.25) is 4.79 Å². The van der Waals surface area contributed by atoms with Crippen molar-refractivity contribution in [3.63, 3.8) is 0 Å². The summed E-state index contributed by atoms with van der Waals surface area (Å²) < 4.78 is 0. The highest BCUT2D eigenvalue weighted by atomic mass is 16.2. The first-order chi connectivity index (χ1) is 7.58. The smallest absolute Gasteiger partial charge is 0.228 e. The molecule has 0 aromatic carbocycles. The number of anilines is 1. The molecule has 0 spiro atoms. The Kier molecular flexibility index (Phi) is 2.77. The summed E-state index contributed by atoms with van der Waals surface area (Å²) in [6, 6.07) is 3.88. The topological polar surface area (TPSA) is 49.3 Å². The number of amides is 1. The largest absolute Gasteiger partial charge is 0.353 e. The Morgan fingerprint density at radius 3 is 2.56 bits per heavy atom. The molecule has 2 heterocycles. The molecule has 0 bridgehead atoms. The zero-order valence-corrected chi connectivity index (χ0v) is 9.84. The number of carbonyl (C=O) groups is 1. The first-order valence-electron chi connectivity index (χ1n) is 5.34. The molecule has 0 saturated carbocycles. The summed E-state index contributed by atoms with van der Waals surface area (Å²) in [6.07, 6.45) is 0. The minimum Gasteiger partial charge on any atom is -0.353 e. The number of aromatic nitrogens is 2. The van der Waals surface area contributed by atoms with Gasteiger partial charge in [0.15, 0.2) is 5.82 Å². The lowest BCUT2D eigenvalue weighted by molar-refractivity contribution is -0.133. The van der Waals surface area contributed by atoms with Gasteiger partial charge in [0.2, 0.25) is 5.91 Å². The normalized spacial score (nSPS) is 15.8. The molecule has 1 aromatic heterocycles. The van der Waals surface area contributed by atoms with Gasteiger partial charge in [-0.25, -0.2) is 0 Å². The van der Waals surface area contributed by atoms with Gasteiger partial charge < -0.3 is 9.80 Å². The fourth-order valence-electron chi connectivity index (χ4n) is 1.75. The molecule has 16 heavy (non-hydrogen) atoms. The predicted octanol–water partition coefficient (Wildman–Crippen LogP) is 0.309. The summed E-state index contributed by atoms with van der Waals surface area (Å²) in [5.41, 5.74) is 0.908. The molecule has 0 N–H and O–H groups in total. The van der Waals surface area contributed by atoms with Crippen molar-refractivity contribution in [2.24, 2.45) is 5.92 Å². The molecule has 1 aromatic rings. The van der Waals surface area contributed by atoms with Gasteiger partial charge in [0.25, 0.3) is 0 Å². The Labute approximate surface area is 95.1 Å². The average Bonchev–Trinajstić information content (AvgIpc) is 2.18. The van der Waals surface area contributed by atoms with E-state index in [1.54, 1.807) is 19.0 Å². The maximum absolute atomic E-state index is 11.6. The van der Waals surface area contributed by atoms with Crippen molar-refractivity contribution in [2.45, 2.75) is 6.92 Å². The van der Waals surface area contributed by atoms with Crippen LogP contribution in [0.1, 0.15) is 5.69 Å². The SMILES string of the molecule is Cc1ccc(N2CC(C(=O)N(C)C)C2)nn1. The number of hydrogen-bond acceptors (Lipinski definition) is 4. The first-order valence-corrected chi connectivity index (χ1v) is 5.34. The Morgan fingerprint density at radius 1 is 1.38 bits per heavy atom. The average molecular weight is 220 g/mol. The summed E-state index contributed by atoms with van der Waals surface area (Å²) >= 11 is 0. The van der Waals surface area contributed by atoms with Gasteiger partial charge in [-0.05, 0) is 19.1 Å². The quantitative estimate of drug-likeness (QED) is 0.719. The van der Waals surface area contributed by atoms with Crippen LogP contribution in [0.15, 0.2) is 12.1 Å². The van der Waals surface area contributed by atoms with E-state index >= 15 is 0 Å². The fraction of sp³-hybridized carbons (Fsp3) is 0.545. The molecule has 0 aliphatic carbocycles. The van der Waals surface area contributed by atoms with E-state index in [-0.39, 0.29) is 11.8 Å². The highest BCUT2D eigenvalue weighted by Gasteiger charge is 2.34. The van der Waals surface area contributed by atoms with Crippen molar-refractivity contribution in [3.8, 4) is 0 Å². The number of carbonyl (C=O) groups excluding carboxylic acids is 1. The van der Waals surface area contributed by atoms with E-state index < -0.39 is 0 Å². The molecule has 1 amide bonds. The van der Waals surface area contributed by atoms with E-state index in [2.05, 4.69) is 15.1 Å². The molecular formula is C11H16N4O. The summed E-state index contributed by atoms with van der Waals surface area (Å²) in [6.45, 7) is 3.40. The fourth-order valence-corrected chi connectivity index (χ4v) is 1.75. The van der Waals surface area contributed by atoms with E-state index in [9.17, 15) is 4.79 Å². The summed E-state index contributed by atoms with van der Waals surface area (Å²) in [5, 5.41) is 8.09. The third-order valence-corrected chi connectivity index (χ3v) is 2.78. The van der Waals surface area contributed by atoms with Crippen LogP contribution in [0.2, 0.25) is 0 Å². The van der Waals surface area contributed by atoms with Crippen molar-refractivity contribution >= 4 is 11.7 Å². The molecular weight excluding hydrogens is 204 g/mol. The highest BCUT2D eigenvalue weighted by Crippen LogP contribution is 2.23. The van der Waals surface area contributed by atoms with Crippen LogP contribution < -0.4 is 4.90 Å². The van der Waals surface area contributed by atoms with Crippen molar-refractivity contribution in [1.82, 2.24) is 15.1 Å². The van der Waals surface area contributed by atoms with Crippen molar-refractivity contribution in [2.75, 3.05) is 32.1 Å². The molecule has 5 nitrogen and oxygen atoms in total. The second-order valence-electron chi connectivity index (χ2n) is 4.37. The minimum atomic E-state index is 0.109. The predicted molar refractivity (Wildman–Crippen MR) is 61.2 cm³/mol. The van der Waals surface area contributed by atoms with Crippen molar-refractivity contribution in [3.05, 3.63) is 17.8 Å². The van der Waals surface area contributed by atoms with E-state index in [0.717, 1.165) is 24.6 Å². The zero-order valence-electron chi connectivity index (χ0n) is 9.84. The molecule has 1 saturated heterocycles. The Bertz CT molecular complexity index is 381. The standard InChI is InChI=1S/C11H16N4O/c1-8-4-5-10(13-12-8)15-6-9(7-15)11(16)14(2)3/h4-5,9H,6-7H2,1-3H3. The molecule has 5 heteroatoms. The van der Waals surface area contributed by atoms with Crippen LogP contribution in [0.3, 0.4) is 0 Å². The van der Waals surface area contributed by atoms with Crippen LogP contribution in [0.4, 0.5) is 5.82 Å². The minimum absolute atomic E-state index is 0.109. The van der Waals surface area contributed by atoms with Gasteiger partial charge in [0, 0.05) is 27.2 Å². The van der Waals surface area contributed by atoms with Crippen LogP contribution in [0.5, 0.6) is 0 Å². The third-order valence-electron chi connectivity index (χ3n) is 2.78.